The Morgan fingerprint density at radius 2 is 1.96 bits per heavy atom. The molecule has 0 saturated carbocycles. The van der Waals surface area contributed by atoms with Crippen LogP contribution in [-0.4, -0.2) is 15.9 Å². The zero-order valence-electron chi connectivity index (χ0n) is 12.5. The van der Waals surface area contributed by atoms with Crippen LogP contribution in [-0.2, 0) is 6.18 Å². The number of nitrogens with one attached hydrogen (secondary N) is 1. The highest BCUT2D eigenvalue weighted by Gasteiger charge is 2.34. The van der Waals surface area contributed by atoms with E-state index in [9.17, 15) is 13.2 Å². The number of benzene rings is 1. The minimum absolute atomic E-state index is 0.180. The van der Waals surface area contributed by atoms with Gasteiger partial charge in [0.2, 0.25) is 0 Å². The Morgan fingerprint density at radius 1 is 1.17 bits per heavy atom. The van der Waals surface area contributed by atoms with E-state index < -0.39 is 11.7 Å². The molecule has 3 rings (SSSR count). The number of aromatic nitrogens is 2. The van der Waals surface area contributed by atoms with Crippen molar-refractivity contribution in [1.82, 2.24) is 9.36 Å². The molecule has 1 aromatic carbocycles. The van der Waals surface area contributed by atoms with Crippen LogP contribution in [0.15, 0.2) is 42.6 Å². The molecule has 3 N–H and O–H groups in total. The van der Waals surface area contributed by atoms with Gasteiger partial charge in [-0.05, 0) is 36.2 Å². The number of nitrogens with two attached hydrogens (primary N) is 1. The van der Waals surface area contributed by atoms with Gasteiger partial charge in [-0.15, -0.1) is 0 Å². The van der Waals surface area contributed by atoms with Gasteiger partial charge in [-0.25, -0.2) is 4.98 Å². The smallest absolute Gasteiger partial charge is 0.369 e. The summed E-state index contributed by atoms with van der Waals surface area (Å²) in [7, 11) is 0. The SMILES string of the molecule is NC(CCNc1ncccc1C(F)(F)F)c1nsc2ccccc12. The molecule has 0 radical (unpaired) electrons. The van der Waals surface area contributed by atoms with Crippen molar-refractivity contribution in [3.8, 4) is 0 Å². The molecule has 24 heavy (non-hydrogen) atoms. The molecular weight excluding hydrogens is 337 g/mol. The lowest BCUT2D eigenvalue weighted by Gasteiger charge is -2.14. The first kappa shape index (κ1) is 16.7. The third kappa shape index (κ3) is 3.49. The largest absolute Gasteiger partial charge is 0.419 e. The molecule has 0 amide bonds. The maximum absolute atomic E-state index is 12.9. The number of rotatable bonds is 5. The van der Waals surface area contributed by atoms with Gasteiger partial charge in [-0.1, -0.05) is 18.2 Å². The lowest BCUT2D eigenvalue weighted by molar-refractivity contribution is -0.137. The van der Waals surface area contributed by atoms with E-state index in [2.05, 4.69) is 14.7 Å². The fourth-order valence-electron chi connectivity index (χ4n) is 2.43. The van der Waals surface area contributed by atoms with E-state index in [4.69, 9.17) is 5.73 Å². The van der Waals surface area contributed by atoms with Gasteiger partial charge in [0.25, 0.3) is 0 Å². The molecule has 126 valence electrons. The fourth-order valence-corrected chi connectivity index (χ4v) is 3.27. The Balaban J connectivity index is 1.67. The Hall–Kier alpha value is -2.19. The van der Waals surface area contributed by atoms with E-state index >= 15 is 0 Å². The summed E-state index contributed by atoms with van der Waals surface area (Å²) in [5, 5.41) is 3.71. The summed E-state index contributed by atoms with van der Waals surface area (Å²) in [4.78, 5) is 3.77. The summed E-state index contributed by atoms with van der Waals surface area (Å²) >= 11 is 1.37. The molecule has 0 aliphatic heterocycles. The highest BCUT2D eigenvalue weighted by molar-refractivity contribution is 7.13. The minimum atomic E-state index is -4.44. The Labute approximate surface area is 140 Å². The molecule has 0 spiro atoms. The van der Waals surface area contributed by atoms with Crippen LogP contribution in [0.25, 0.3) is 10.1 Å². The number of alkyl halides is 3. The number of hydrogen-bond donors (Lipinski definition) is 2. The van der Waals surface area contributed by atoms with Crippen molar-refractivity contribution in [2.75, 3.05) is 11.9 Å². The molecule has 2 heterocycles. The zero-order valence-corrected chi connectivity index (χ0v) is 13.4. The van der Waals surface area contributed by atoms with Crippen LogP contribution in [0.4, 0.5) is 19.0 Å². The average molecular weight is 352 g/mol. The van der Waals surface area contributed by atoms with Crippen LogP contribution in [0, 0.1) is 0 Å². The number of halogens is 3. The lowest BCUT2D eigenvalue weighted by atomic mass is 10.1. The molecule has 1 atom stereocenters. The molecule has 4 nitrogen and oxygen atoms in total. The molecule has 0 aliphatic rings. The van der Waals surface area contributed by atoms with Gasteiger partial charge in [-0.3, -0.25) is 0 Å². The van der Waals surface area contributed by atoms with Gasteiger partial charge in [0, 0.05) is 18.1 Å². The maximum Gasteiger partial charge on any atom is 0.419 e. The van der Waals surface area contributed by atoms with E-state index in [1.807, 2.05) is 24.3 Å². The molecule has 0 fully saturated rings. The zero-order chi connectivity index (χ0) is 17.2. The van der Waals surface area contributed by atoms with E-state index in [1.54, 1.807) is 0 Å². The second-order valence-electron chi connectivity index (χ2n) is 5.28. The predicted octanol–water partition coefficient (Wildman–Crippen LogP) is 4.21. The second kappa shape index (κ2) is 6.74. The number of fused-ring (bicyclic) bond motifs is 1. The van der Waals surface area contributed by atoms with Crippen molar-refractivity contribution in [1.29, 1.82) is 0 Å². The number of nitrogens with zero attached hydrogens (tertiary/aromatic N) is 2. The van der Waals surface area contributed by atoms with Crippen LogP contribution in [0.1, 0.15) is 23.7 Å². The minimum Gasteiger partial charge on any atom is -0.369 e. The monoisotopic (exact) mass is 352 g/mol. The molecule has 0 saturated heterocycles. The molecule has 0 aliphatic carbocycles. The first-order valence-electron chi connectivity index (χ1n) is 7.33. The van der Waals surface area contributed by atoms with E-state index in [1.165, 1.54) is 23.8 Å². The van der Waals surface area contributed by atoms with Crippen molar-refractivity contribution < 1.29 is 13.2 Å². The van der Waals surface area contributed by atoms with Crippen LogP contribution in [0.2, 0.25) is 0 Å². The topological polar surface area (TPSA) is 63.8 Å². The molecule has 3 aromatic rings. The standard InChI is InChI=1S/C16H15F3N4S/c17-16(18,19)11-5-3-8-21-15(11)22-9-7-12(20)14-10-4-1-2-6-13(10)24-23-14/h1-6,8,12H,7,9,20H2,(H,21,22). The molecule has 1 unspecified atom stereocenters. The normalized spacial score (nSPS) is 13.2. The second-order valence-corrected chi connectivity index (χ2v) is 6.09. The van der Waals surface area contributed by atoms with Crippen molar-refractivity contribution in [3.05, 3.63) is 53.9 Å². The summed E-state index contributed by atoms with van der Waals surface area (Å²) in [6.07, 6.45) is -2.67. The number of anilines is 1. The van der Waals surface area contributed by atoms with Crippen LogP contribution in [0.3, 0.4) is 0 Å². The van der Waals surface area contributed by atoms with Crippen LogP contribution >= 0.6 is 11.5 Å². The van der Waals surface area contributed by atoms with Gasteiger partial charge in [0.15, 0.2) is 0 Å². The number of pyridine rings is 1. The Morgan fingerprint density at radius 3 is 2.75 bits per heavy atom. The van der Waals surface area contributed by atoms with Crippen molar-refractivity contribution in [2.45, 2.75) is 18.6 Å². The molecule has 2 aromatic heterocycles. The Bertz CT molecular complexity index is 831. The highest BCUT2D eigenvalue weighted by atomic mass is 32.1. The summed E-state index contributed by atoms with van der Waals surface area (Å²) in [5.74, 6) is -0.180. The third-order valence-corrected chi connectivity index (χ3v) is 4.46. The number of hydrogen-bond acceptors (Lipinski definition) is 5. The summed E-state index contributed by atoms with van der Waals surface area (Å²) in [6, 6.07) is 9.66. The van der Waals surface area contributed by atoms with E-state index in [0.29, 0.717) is 6.42 Å². The maximum atomic E-state index is 12.9. The van der Waals surface area contributed by atoms with Crippen molar-refractivity contribution in [3.63, 3.8) is 0 Å². The highest BCUT2D eigenvalue weighted by Crippen LogP contribution is 2.33. The van der Waals surface area contributed by atoms with Gasteiger partial charge in [0.1, 0.15) is 5.82 Å². The molecule has 8 heteroatoms. The lowest BCUT2D eigenvalue weighted by Crippen LogP contribution is -2.18. The quantitative estimate of drug-likeness (QED) is 0.722. The van der Waals surface area contributed by atoms with E-state index in [0.717, 1.165) is 21.8 Å². The average Bonchev–Trinajstić information content (AvgIpc) is 2.98. The third-order valence-electron chi connectivity index (χ3n) is 3.62. The molecule has 0 bridgehead atoms. The molecular formula is C16H15F3N4S. The predicted molar refractivity (Wildman–Crippen MR) is 88.9 cm³/mol. The Kier molecular flexibility index (Phi) is 4.68. The summed E-state index contributed by atoms with van der Waals surface area (Å²) in [6.45, 7) is 0.271. The van der Waals surface area contributed by atoms with Crippen LogP contribution in [0.5, 0.6) is 0 Å². The van der Waals surface area contributed by atoms with Gasteiger partial charge >= 0.3 is 6.18 Å². The fraction of sp³-hybridized carbons (Fsp3) is 0.250. The first-order valence-corrected chi connectivity index (χ1v) is 8.10. The summed E-state index contributed by atoms with van der Waals surface area (Å²) < 4.78 is 44.2. The first-order chi connectivity index (χ1) is 11.5. The van der Waals surface area contributed by atoms with Crippen molar-refractivity contribution >= 4 is 27.4 Å². The van der Waals surface area contributed by atoms with Crippen LogP contribution < -0.4 is 11.1 Å². The van der Waals surface area contributed by atoms with Gasteiger partial charge in [-0.2, -0.15) is 17.5 Å². The van der Waals surface area contributed by atoms with Gasteiger partial charge in [0.05, 0.1) is 22.0 Å². The van der Waals surface area contributed by atoms with Gasteiger partial charge < -0.3 is 11.1 Å². The summed E-state index contributed by atoms with van der Waals surface area (Å²) in [5.41, 5.74) is 6.15. The van der Waals surface area contributed by atoms with Crippen molar-refractivity contribution in [2.24, 2.45) is 5.73 Å². The van der Waals surface area contributed by atoms with E-state index in [-0.39, 0.29) is 18.4 Å².